The molecular formula is C25H26N4O2S2. The number of carbonyl (C=O) groups is 1. The Kier molecular flexibility index (Phi) is 7.15. The number of furan rings is 1. The molecule has 1 unspecified atom stereocenters. The summed E-state index contributed by atoms with van der Waals surface area (Å²) in [6, 6.07) is 15.6. The Morgan fingerprint density at radius 1 is 1.12 bits per heavy atom. The first kappa shape index (κ1) is 23.1. The number of nitrogens with zero attached hydrogens (tertiary/aromatic N) is 2. The minimum absolute atomic E-state index is 0.245. The molecule has 4 rings (SSSR count). The minimum Gasteiger partial charge on any atom is -0.459 e. The molecular weight excluding hydrogens is 452 g/mol. The maximum absolute atomic E-state index is 12.8. The van der Waals surface area contributed by atoms with E-state index in [1.165, 1.54) is 16.0 Å². The fraction of sp³-hybridized carbons (Fsp3) is 0.240. The van der Waals surface area contributed by atoms with Gasteiger partial charge in [0.1, 0.15) is 5.00 Å². The van der Waals surface area contributed by atoms with Crippen molar-refractivity contribution in [1.82, 2.24) is 9.97 Å². The molecule has 3 heterocycles. The average Bonchev–Trinajstić information content (AvgIpc) is 3.47. The van der Waals surface area contributed by atoms with Gasteiger partial charge in [-0.15, -0.1) is 23.1 Å². The molecule has 0 saturated carbocycles. The van der Waals surface area contributed by atoms with Crippen molar-refractivity contribution in [1.29, 1.82) is 0 Å². The molecule has 0 radical (unpaired) electrons. The van der Waals surface area contributed by atoms with E-state index in [4.69, 9.17) is 4.42 Å². The predicted octanol–water partition coefficient (Wildman–Crippen LogP) is 6.49. The van der Waals surface area contributed by atoms with Crippen LogP contribution in [0.1, 0.15) is 50.9 Å². The molecule has 0 aliphatic rings. The van der Waals surface area contributed by atoms with Gasteiger partial charge in [-0.05, 0) is 68.5 Å². The highest BCUT2D eigenvalue weighted by Gasteiger charge is 2.24. The topological polar surface area (TPSA) is 80.0 Å². The van der Waals surface area contributed by atoms with Gasteiger partial charge in [0.05, 0.1) is 12.3 Å². The summed E-state index contributed by atoms with van der Waals surface area (Å²) in [6.45, 7) is 6.02. The summed E-state index contributed by atoms with van der Waals surface area (Å²) in [5.41, 5.74) is 3.82. The van der Waals surface area contributed by atoms with E-state index in [0.29, 0.717) is 5.95 Å². The summed E-state index contributed by atoms with van der Waals surface area (Å²) in [4.78, 5) is 24.3. The number of hydrogen-bond donors (Lipinski definition) is 2. The molecule has 6 nitrogen and oxygen atoms in total. The van der Waals surface area contributed by atoms with Gasteiger partial charge in [0, 0.05) is 26.7 Å². The largest absolute Gasteiger partial charge is 0.459 e. The third-order valence-electron chi connectivity index (χ3n) is 5.15. The first-order chi connectivity index (χ1) is 16.0. The predicted molar refractivity (Wildman–Crippen MR) is 136 cm³/mol. The van der Waals surface area contributed by atoms with Crippen molar-refractivity contribution in [2.75, 3.05) is 16.9 Å². The highest BCUT2D eigenvalue weighted by atomic mass is 32.2. The lowest BCUT2D eigenvalue weighted by Crippen LogP contribution is -2.17. The molecule has 33 heavy (non-hydrogen) atoms. The van der Waals surface area contributed by atoms with Gasteiger partial charge >= 0.3 is 0 Å². The number of hydrogen-bond acceptors (Lipinski definition) is 7. The second-order valence-corrected chi connectivity index (χ2v) is 9.62. The fourth-order valence-corrected chi connectivity index (χ4v) is 5.01. The SMILES string of the molecule is CCc1cc(C(Nc2nc(C)cc(C)n2)c2ccc(SC)cc2)c(NC(=O)c2ccco2)s1. The van der Waals surface area contributed by atoms with E-state index in [-0.39, 0.29) is 17.7 Å². The van der Waals surface area contributed by atoms with Crippen LogP contribution in [0.5, 0.6) is 0 Å². The molecule has 0 fully saturated rings. The quantitative estimate of drug-likeness (QED) is 0.282. The zero-order valence-corrected chi connectivity index (χ0v) is 20.6. The van der Waals surface area contributed by atoms with Crippen LogP contribution >= 0.6 is 23.1 Å². The van der Waals surface area contributed by atoms with E-state index in [1.54, 1.807) is 35.2 Å². The number of nitrogens with one attached hydrogen (secondary N) is 2. The van der Waals surface area contributed by atoms with Crippen molar-refractivity contribution in [2.45, 2.75) is 38.1 Å². The smallest absolute Gasteiger partial charge is 0.291 e. The third-order valence-corrected chi connectivity index (χ3v) is 7.10. The number of benzene rings is 1. The van der Waals surface area contributed by atoms with Crippen LogP contribution in [-0.4, -0.2) is 22.1 Å². The first-order valence-corrected chi connectivity index (χ1v) is 12.7. The lowest BCUT2D eigenvalue weighted by atomic mass is 10.00. The standard InChI is InChI=1S/C25H26N4O2S2/c1-5-18-14-20(24(33-18)29-23(30)21-7-6-12-31-21)22(17-8-10-19(32-4)11-9-17)28-25-26-15(2)13-16(3)27-25/h6-14,22H,5H2,1-4H3,(H,29,30)(H,26,27,28). The highest BCUT2D eigenvalue weighted by molar-refractivity contribution is 7.98. The molecule has 1 amide bonds. The van der Waals surface area contributed by atoms with E-state index in [2.05, 4.69) is 64.1 Å². The van der Waals surface area contributed by atoms with Gasteiger partial charge in [0.25, 0.3) is 5.91 Å². The van der Waals surface area contributed by atoms with E-state index < -0.39 is 0 Å². The Bertz CT molecular complexity index is 1210. The molecule has 0 aliphatic heterocycles. The van der Waals surface area contributed by atoms with Crippen molar-refractivity contribution in [3.8, 4) is 0 Å². The molecule has 170 valence electrons. The summed E-state index contributed by atoms with van der Waals surface area (Å²) >= 11 is 3.27. The summed E-state index contributed by atoms with van der Waals surface area (Å²) in [6.07, 6.45) is 4.42. The van der Waals surface area contributed by atoms with Crippen molar-refractivity contribution in [2.24, 2.45) is 0 Å². The average molecular weight is 479 g/mol. The van der Waals surface area contributed by atoms with Gasteiger partial charge in [-0.1, -0.05) is 19.1 Å². The third kappa shape index (κ3) is 5.46. The number of carbonyl (C=O) groups excluding carboxylic acids is 1. The highest BCUT2D eigenvalue weighted by Crippen LogP contribution is 2.38. The van der Waals surface area contributed by atoms with Gasteiger partial charge in [0.15, 0.2) is 5.76 Å². The second kappa shape index (κ2) is 10.2. The lowest BCUT2D eigenvalue weighted by molar-refractivity contribution is 0.0997. The molecule has 1 atom stereocenters. The van der Waals surface area contributed by atoms with Crippen molar-refractivity contribution in [3.63, 3.8) is 0 Å². The number of amides is 1. The van der Waals surface area contributed by atoms with Crippen molar-refractivity contribution in [3.05, 3.63) is 87.9 Å². The Hall–Kier alpha value is -3.10. The molecule has 0 spiro atoms. The maximum Gasteiger partial charge on any atom is 0.291 e. The van der Waals surface area contributed by atoms with Crippen LogP contribution in [0.25, 0.3) is 0 Å². The normalized spacial score (nSPS) is 11.9. The fourth-order valence-electron chi connectivity index (χ4n) is 3.57. The summed E-state index contributed by atoms with van der Waals surface area (Å²) in [5, 5.41) is 7.35. The van der Waals surface area contributed by atoms with Gasteiger partial charge in [0.2, 0.25) is 5.95 Å². The first-order valence-electron chi connectivity index (χ1n) is 10.7. The minimum atomic E-state index is -0.273. The van der Waals surface area contributed by atoms with E-state index in [1.807, 2.05) is 19.9 Å². The number of anilines is 2. The molecule has 1 aromatic carbocycles. The number of aryl methyl sites for hydroxylation is 3. The van der Waals surface area contributed by atoms with Crippen LogP contribution < -0.4 is 10.6 Å². The molecule has 3 aromatic heterocycles. The van der Waals surface area contributed by atoms with Crippen LogP contribution in [0, 0.1) is 13.8 Å². The van der Waals surface area contributed by atoms with Crippen LogP contribution in [0.2, 0.25) is 0 Å². The van der Waals surface area contributed by atoms with Crippen molar-refractivity contribution >= 4 is 40.0 Å². The number of aromatic nitrogens is 2. The van der Waals surface area contributed by atoms with Gasteiger partial charge < -0.3 is 15.1 Å². The number of thiophene rings is 1. The molecule has 2 N–H and O–H groups in total. The van der Waals surface area contributed by atoms with Crippen molar-refractivity contribution < 1.29 is 9.21 Å². The van der Waals surface area contributed by atoms with E-state index in [0.717, 1.165) is 33.9 Å². The molecule has 0 aliphatic carbocycles. The molecule has 4 aromatic rings. The monoisotopic (exact) mass is 478 g/mol. The zero-order chi connectivity index (χ0) is 23.4. The maximum atomic E-state index is 12.8. The molecule has 0 saturated heterocycles. The summed E-state index contributed by atoms with van der Waals surface area (Å²) in [5.74, 6) is 0.558. The summed E-state index contributed by atoms with van der Waals surface area (Å²) in [7, 11) is 0. The van der Waals surface area contributed by atoms with E-state index in [9.17, 15) is 4.79 Å². The van der Waals surface area contributed by atoms with Gasteiger partial charge in [-0.25, -0.2) is 9.97 Å². The van der Waals surface area contributed by atoms with Crippen LogP contribution in [0.15, 0.2) is 64.1 Å². The number of rotatable bonds is 8. The van der Waals surface area contributed by atoms with Crippen LogP contribution in [-0.2, 0) is 6.42 Å². The Morgan fingerprint density at radius 3 is 2.45 bits per heavy atom. The van der Waals surface area contributed by atoms with Crippen LogP contribution in [0.4, 0.5) is 10.9 Å². The molecule has 8 heteroatoms. The van der Waals surface area contributed by atoms with Gasteiger partial charge in [-0.3, -0.25) is 4.79 Å². The Morgan fingerprint density at radius 2 is 1.85 bits per heavy atom. The zero-order valence-electron chi connectivity index (χ0n) is 19.0. The second-order valence-electron chi connectivity index (χ2n) is 7.61. The number of thioether (sulfide) groups is 1. The van der Waals surface area contributed by atoms with E-state index >= 15 is 0 Å². The van der Waals surface area contributed by atoms with Gasteiger partial charge in [-0.2, -0.15) is 0 Å². The Labute approximate surface area is 201 Å². The lowest BCUT2D eigenvalue weighted by Gasteiger charge is -2.21. The van der Waals surface area contributed by atoms with Crippen LogP contribution in [0.3, 0.4) is 0 Å². The summed E-state index contributed by atoms with van der Waals surface area (Å²) < 4.78 is 5.29. The Balaban J connectivity index is 1.77. The molecule has 0 bridgehead atoms.